The Bertz CT molecular complexity index is 599. The number of carbonyl (C=O) groups excluding carboxylic acids is 1. The van der Waals surface area contributed by atoms with E-state index >= 15 is 0 Å². The molecule has 0 saturated carbocycles. The van der Waals surface area contributed by atoms with Gasteiger partial charge in [-0.2, -0.15) is 11.3 Å². The lowest BCUT2D eigenvalue weighted by Gasteiger charge is -2.02. The zero-order valence-corrected chi connectivity index (χ0v) is 12.9. The topological polar surface area (TPSA) is 52.3 Å². The number of carbonyl (C=O) groups is 1. The van der Waals surface area contributed by atoms with Crippen molar-refractivity contribution in [1.29, 1.82) is 0 Å². The molecule has 0 spiro atoms. The molecule has 0 saturated heterocycles. The second-order valence-electron chi connectivity index (χ2n) is 4.20. The van der Waals surface area contributed by atoms with Crippen LogP contribution in [0, 0.1) is 6.92 Å². The molecule has 2 rings (SSSR count). The van der Waals surface area contributed by atoms with Crippen LogP contribution in [0.15, 0.2) is 10.8 Å². The van der Waals surface area contributed by atoms with Crippen molar-refractivity contribution in [2.75, 3.05) is 12.3 Å². The Kier molecular flexibility index (Phi) is 4.27. The van der Waals surface area contributed by atoms with Gasteiger partial charge in [0, 0.05) is 10.4 Å². The van der Waals surface area contributed by atoms with Crippen LogP contribution < -0.4 is 5.73 Å². The SMILES string of the molecule is CCOC(=O)c1sc(-c2cscc2C)c(CC)c1N. The third-order valence-electron chi connectivity index (χ3n) is 2.96. The minimum Gasteiger partial charge on any atom is -0.462 e. The van der Waals surface area contributed by atoms with Crippen molar-refractivity contribution in [2.24, 2.45) is 0 Å². The first kappa shape index (κ1) is 14.1. The molecular formula is C14H17NO2S2. The van der Waals surface area contributed by atoms with Gasteiger partial charge in [0.05, 0.1) is 12.3 Å². The fourth-order valence-corrected chi connectivity index (χ4v) is 4.19. The van der Waals surface area contributed by atoms with Crippen molar-refractivity contribution >= 4 is 34.3 Å². The first-order valence-electron chi connectivity index (χ1n) is 6.21. The van der Waals surface area contributed by atoms with Crippen LogP contribution >= 0.6 is 22.7 Å². The van der Waals surface area contributed by atoms with E-state index in [4.69, 9.17) is 10.5 Å². The Balaban J connectivity index is 2.54. The molecule has 0 aromatic carbocycles. The number of aryl methyl sites for hydroxylation is 1. The summed E-state index contributed by atoms with van der Waals surface area (Å²) in [6, 6.07) is 0. The predicted octanol–water partition coefficient (Wildman–Crippen LogP) is 4.11. The molecule has 3 nitrogen and oxygen atoms in total. The molecule has 0 fully saturated rings. The minimum atomic E-state index is -0.321. The summed E-state index contributed by atoms with van der Waals surface area (Å²) in [5.41, 5.74) is 10.1. The van der Waals surface area contributed by atoms with Gasteiger partial charge in [0.15, 0.2) is 0 Å². The van der Waals surface area contributed by atoms with Gasteiger partial charge in [-0.3, -0.25) is 0 Å². The normalized spacial score (nSPS) is 10.7. The van der Waals surface area contributed by atoms with Crippen LogP contribution in [0.5, 0.6) is 0 Å². The smallest absolute Gasteiger partial charge is 0.350 e. The largest absolute Gasteiger partial charge is 0.462 e. The molecular weight excluding hydrogens is 278 g/mol. The second kappa shape index (κ2) is 5.75. The van der Waals surface area contributed by atoms with Crippen molar-refractivity contribution in [3.8, 4) is 10.4 Å². The number of hydrogen-bond donors (Lipinski definition) is 1. The Hall–Kier alpha value is -1.33. The standard InChI is InChI=1S/C14H17NO2S2/c1-4-9-11(15)13(14(16)17-5-2)19-12(9)10-7-18-6-8(10)3/h6-7H,4-5,15H2,1-3H3. The zero-order chi connectivity index (χ0) is 14.0. The van der Waals surface area contributed by atoms with E-state index in [1.54, 1.807) is 18.3 Å². The first-order chi connectivity index (χ1) is 9.10. The van der Waals surface area contributed by atoms with Gasteiger partial charge in [0.25, 0.3) is 0 Å². The highest BCUT2D eigenvalue weighted by molar-refractivity contribution is 7.18. The van der Waals surface area contributed by atoms with Crippen LogP contribution in [0.3, 0.4) is 0 Å². The molecule has 5 heteroatoms. The van der Waals surface area contributed by atoms with Crippen molar-refractivity contribution in [1.82, 2.24) is 0 Å². The Morgan fingerprint density at radius 3 is 2.63 bits per heavy atom. The highest BCUT2D eigenvalue weighted by Crippen LogP contribution is 2.41. The molecule has 2 aromatic heterocycles. The molecule has 0 atom stereocenters. The first-order valence-corrected chi connectivity index (χ1v) is 7.97. The van der Waals surface area contributed by atoms with Crippen molar-refractivity contribution in [3.05, 3.63) is 26.8 Å². The van der Waals surface area contributed by atoms with Crippen LogP contribution in [-0.2, 0) is 11.2 Å². The molecule has 0 unspecified atom stereocenters. The summed E-state index contributed by atoms with van der Waals surface area (Å²) >= 11 is 3.10. The van der Waals surface area contributed by atoms with Gasteiger partial charge in [-0.15, -0.1) is 11.3 Å². The maximum atomic E-state index is 11.9. The number of nitrogens with two attached hydrogens (primary N) is 1. The van der Waals surface area contributed by atoms with E-state index in [-0.39, 0.29) is 5.97 Å². The van der Waals surface area contributed by atoms with Gasteiger partial charge in [-0.05, 0) is 42.2 Å². The summed E-state index contributed by atoms with van der Waals surface area (Å²) in [5.74, 6) is -0.321. The predicted molar refractivity (Wildman–Crippen MR) is 82.1 cm³/mol. The fraction of sp³-hybridized carbons (Fsp3) is 0.357. The van der Waals surface area contributed by atoms with E-state index in [1.807, 2.05) is 0 Å². The molecule has 102 valence electrons. The highest BCUT2D eigenvalue weighted by Gasteiger charge is 2.22. The zero-order valence-electron chi connectivity index (χ0n) is 11.3. The summed E-state index contributed by atoms with van der Waals surface area (Å²) in [7, 11) is 0. The van der Waals surface area contributed by atoms with E-state index in [1.165, 1.54) is 22.5 Å². The summed E-state index contributed by atoms with van der Waals surface area (Å²) in [6.07, 6.45) is 0.812. The lowest BCUT2D eigenvalue weighted by Crippen LogP contribution is -2.05. The Morgan fingerprint density at radius 1 is 1.37 bits per heavy atom. The van der Waals surface area contributed by atoms with E-state index in [9.17, 15) is 4.79 Å². The van der Waals surface area contributed by atoms with Crippen LogP contribution in [0.25, 0.3) is 10.4 Å². The van der Waals surface area contributed by atoms with Crippen molar-refractivity contribution < 1.29 is 9.53 Å². The molecule has 2 aromatic rings. The van der Waals surface area contributed by atoms with Gasteiger partial charge in [0.1, 0.15) is 4.88 Å². The van der Waals surface area contributed by atoms with E-state index in [0.29, 0.717) is 17.2 Å². The molecule has 0 radical (unpaired) electrons. The van der Waals surface area contributed by atoms with Gasteiger partial charge in [-0.25, -0.2) is 4.79 Å². The van der Waals surface area contributed by atoms with Crippen LogP contribution in [0.2, 0.25) is 0 Å². The molecule has 2 N–H and O–H groups in total. The van der Waals surface area contributed by atoms with Crippen molar-refractivity contribution in [2.45, 2.75) is 27.2 Å². The molecule has 0 aliphatic carbocycles. The van der Waals surface area contributed by atoms with Crippen LogP contribution in [0.4, 0.5) is 5.69 Å². The third kappa shape index (κ3) is 2.53. The number of nitrogen functional groups attached to an aromatic ring is 1. The molecule has 0 aliphatic rings. The maximum absolute atomic E-state index is 11.9. The van der Waals surface area contributed by atoms with E-state index < -0.39 is 0 Å². The third-order valence-corrected chi connectivity index (χ3v) is 5.09. The molecule has 0 bridgehead atoms. The number of thiophene rings is 2. The monoisotopic (exact) mass is 295 g/mol. The lowest BCUT2D eigenvalue weighted by atomic mass is 10.1. The van der Waals surface area contributed by atoms with Gasteiger partial charge in [-0.1, -0.05) is 6.92 Å². The average molecular weight is 295 g/mol. The molecule has 0 aliphatic heterocycles. The summed E-state index contributed by atoms with van der Waals surface area (Å²) in [5, 5.41) is 4.21. The summed E-state index contributed by atoms with van der Waals surface area (Å²) in [4.78, 5) is 13.5. The maximum Gasteiger partial charge on any atom is 0.350 e. The molecule has 0 amide bonds. The number of ether oxygens (including phenoxy) is 1. The highest BCUT2D eigenvalue weighted by atomic mass is 32.1. The quantitative estimate of drug-likeness (QED) is 0.864. The minimum absolute atomic E-state index is 0.321. The van der Waals surface area contributed by atoms with E-state index in [2.05, 4.69) is 24.6 Å². The van der Waals surface area contributed by atoms with E-state index in [0.717, 1.165) is 16.9 Å². The average Bonchev–Trinajstić information content (AvgIpc) is 2.93. The summed E-state index contributed by atoms with van der Waals surface area (Å²) < 4.78 is 5.06. The number of esters is 1. The molecule has 2 heterocycles. The Labute approximate surface area is 121 Å². The molecule has 19 heavy (non-hydrogen) atoms. The summed E-state index contributed by atoms with van der Waals surface area (Å²) in [6.45, 7) is 6.29. The van der Waals surface area contributed by atoms with Crippen LogP contribution in [0.1, 0.15) is 34.6 Å². The van der Waals surface area contributed by atoms with Crippen molar-refractivity contribution in [3.63, 3.8) is 0 Å². The number of hydrogen-bond acceptors (Lipinski definition) is 5. The second-order valence-corrected chi connectivity index (χ2v) is 5.96. The van der Waals surface area contributed by atoms with Crippen LogP contribution in [-0.4, -0.2) is 12.6 Å². The number of anilines is 1. The van der Waals surface area contributed by atoms with Gasteiger partial charge >= 0.3 is 5.97 Å². The lowest BCUT2D eigenvalue weighted by molar-refractivity contribution is 0.0533. The Morgan fingerprint density at radius 2 is 2.11 bits per heavy atom. The van der Waals surface area contributed by atoms with Gasteiger partial charge < -0.3 is 10.5 Å². The van der Waals surface area contributed by atoms with Gasteiger partial charge in [0.2, 0.25) is 0 Å². The number of rotatable bonds is 4. The fourth-order valence-electron chi connectivity index (χ4n) is 1.99.